The molecule has 2 aliphatic heterocycles. The summed E-state index contributed by atoms with van der Waals surface area (Å²) in [7, 11) is 0. The predicted octanol–water partition coefficient (Wildman–Crippen LogP) is 2.13. The van der Waals surface area contributed by atoms with Gasteiger partial charge in [-0.2, -0.15) is 0 Å². The molecule has 2 atom stereocenters. The third kappa shape index (κ3) is 3.29. The van der Waals surface area contributed by atoms with Gasteiger partial charge in [0.05, 0.1) is 17.8 Å². The first-order chi connectivity index (χ1) is 14.3. The largest absolute Gasteiger partial charge is 0.491 e. The molecule has 3 heterocycles. The highest BCUT2D eigenvalue weighted by Crippen LogP contribution is 2.38. The summed E-state index contributed by atoms with van der Waals surface area (Å²) in [5.41, 5.74) is 7.13. The topological polar surface area (TPSA) is 112 Å². The van der Waals surface area contributed by atoms with Crippen LogP contribution in [0.15, 0.2) is 18.2 Å². The van der Waals surface area contributed by atoms with Crippen molar-refractivity contribution in [1.29, 1.82) is 0 Å². The standard InChI is InChI=1S/C19H21F2N5O4/c1-9(16(22)27)23-11-3-4-12-14(7-11)29-6-5-25-10(2)17(24-18(12)25)26-13(15(20)21)8-30-19(26)28/h3-4,7,9,13,15,23H,5-6,8H2,1-2H3,(H2,22,27)/t9-,13?/m0/s1. The van der Waals surface area contributed by atoms with Gasteiger partial charge < -0.3 is 25.1 Å². The SMILES string of the molecule is Cc1c(N2C(=O)OCC2C(F)F)nc2n1CCOc1cc(N[C@@H](C)C(N)=O)ccc1-2. The van der Waals surface area contributed by atoms with E-state index in [2.05, 4.69) is 10.3 Å². The molecule has 2 aromatic rings. The van der Waals surface area contributed by atoms with Gasteiger partial charge in [-0.1, -0.05) is 0 Å². The van der Waals surface area contributed by atoms with E-state index >= 15 is 0 Å². The predicted molar refractivity (Wildman–Crippen MR) is 104 cm³/mol. The molecule has 1 fully saturated rings. The summed E-state index contributed by atoms with van der Waals surface area (Å²) in [6, 6.07) is 3.27. The number of nitrogens with one attached hydrogen (secondary N) is 1. The molecule has 0 saturated carbocycles. The lowest BCUT2D eigenvalue weighted by Gasteiger charge is -2.19. The number of amides is 2. The maximum absolute atomic E-state index is 13.4. The van der Waals surface area contributed by atoms with E-state index in [1.165, 1.54) is 0 Å². The summed E-state index contributed by atoms with van der Waals surface area (Å²) in [5.74, 6) is 0.668. The lowest BCUT2D eigenvalue weighted by atomic mass is 10.1. The Kier molecular flexibility index (Phi) is 4.96. The van der Waals surface area contributed by atoms with E-state index in [0.29, 0.717) is 41.7 Å². The van der Waals surface area contributed by atoms with Crippen LogP contribution in [0.1, 0.15) is 12.6 Å². The Morgan fingerprint density at radius 3 is 2.83 bits per heavy atom. The Morgan fingerprint density at radius 1 is 1.37 bits per heavy atom. The quantitative estimate of drug-likeness (QED) is 0.765. The van der Waals surface area contributed by atoms with Crippen molar-refractivity contribution in [2.24, 2.45) is 5.73 Å². The number of nitrogens with zero attached hydrogens (tertiary/aromatic N) is 3. The molecule has 0 spiro atoms. The van der Waals surface area contributed by atoms with Crippen LogP contribution < -0.4 is 20.7 Å². The lowest BCUT2D eigenvalue weighted by Crippen LogP contribution is -2.39. The minimum Gasteiger partial charge on any atom is -0.491 e. The number of carbonyl (C=O) groups is 2. The summed E-state index contributed by atoms with van der Waals surface area (Å²) in [6.45, 7) is 3.71. The van der Waals surface area contributed by atoms with E-state index in [-0.39, 0.29) is 12.4 Å². The molecule has 1 saturated heterocycles. The van der Waals surface area contributed by atoms with Crippen molar-refractivity contribution >= 4 is 23.5 Å². The van der Waals surface area contributed by atoms with Crippen LogP contribution >= 0.6 is 0 Å². The molecule has 0 bridgehead atoms. The van der Waals surface area contributed by atoms with Crippen LogP contribution in [0.2, 0.25) is 0 Å². The molecule has 1 unspecified atom stereocenters. The Labute approximate surface area is 170 Å². The number of primary amides is 1. The normalized spacial score (nSPS) is 18.9. The minimum absolute atomic E-state index is 0.148. The molecule has 1 aromatic heterocycles. The summed E-state index contributed by atoms with van der Waals surface area (Å²) in [4.78, 5) is 28.9. The zero-order valence-electron chi connectivity index (χ0n) is 16.4. The van der Waals surface area contributed by atoms with Crippen molar-refractivity contribution in [3.05, 3.63) is 23.9 Å². The molecule has 1 aromatic carbocycles. The first-order valence-electron chi connectivity index (χ1n) is 9.42. The average Bonchev–Trinajstić information content (AvgIpc) is 3.16. The van der Waals surface area contributed by atoms with Gasteiger partial charge in [0.15, 0.2) is 5.82 Å². The second-order valence-electron chi connectivity index (χ2n) is 7.17. The molecule has 30 heavy (non-hydrogen) atoms. The molecule has 0 radical (unpaired) electrons. The number of aromatic nitrogens is 2. The van der Waals surface area contributed by atoms with Crippen LogP contribution in [0.3, 0.4) is 0 Å². The molecule has 11 heteroatoms. The third-order valence-corrected chi connectivity index (χ3v) is 5.23. The van der Waals surface area contributed by atoms with Gasteiger partial charge in [0.25, 0.3) is 6.43 Å². The van der Waals surface area contributed by atoms with E-state index in [0.717, 1.165) is 4.90 Å². The smallest absolute Gasteiger partial charge is 0.416 e. The van der Waals surface area contributed by atoms with Gasteiger partial charge in [-0.3, -0.25) is 4.79 Å². The van der Waals surface area contributed by atoms with Gasteiger partial charge in [0, 0.05) is 11.8 Å². The maximum Gasteiger partial charge on any atom is 0.416 e. The summed E-state index contributed by atoms with van der Waals surface area (Å²) in [6.07, 6.45) is -3.60. The molecule has 2 amide bonds. The fourth-order valence-corrected chi connectivity index (χ4v) is 3.58. The molecule has 160 valence electrons. The number of ether oxygens (including phenoxy) is 2. The maximum atomic E-state index is 13.4. The number of hydrogen-bond acceptors (Lipinski definition) is 6. The number of nitrogens with two attached hydrogens (primary N) is 1. The summed E-state index contributed by atoms with van der Waals surface area (Å²) < 4.78 is 39.3. The molecule has 3 N–H and O–H groups in total. The molecular weight excluding hydrogens is 400 g/mol. The van der Waals surface area contributed by atoms with Crippen LogP contribution in [0.5, 0.6) is 5.75 Å². The molecule has 2 aliphatic rings. The van der Waals surface area contributed by atoms with Gasteiger partial charge in [0.2, 0.25) is 5.91 Å². The summed E-state index contributed by atoms with van der Waals surface area (Å²) >= 11 is 0. The molecule has 4 rings (SSSR count). The van der Waals surface area contributed by atoms with Crippen molar-refractivity contribution in [2.45, 2.75) is 38.9 Å². The number of fused-ring (bicyclic) bond motifs is 3. The van der Waals surface area contributed by atoms with Gasteiger partial charge >= 0.3 is 6.09 Å². The van der Waals surface area contributed by atoms with E-state index in [9.17, 15) is 18.4 Å². The number of hydrogen-bond donors (Lipinski definition) is 2. The number of carbonyl (C=O) groups excluding carboxylic acids is 2. The molecule has 9 nitrogen and oxygen atoms in total. The van der Waals surface area contributed by atoms with Crippen LogP contribution in [-0.2, 0) is 16.1 Å². The Balaban J connectivity index is 1.74. The van der Waals surface area contributed by atoms with Crippen LogP contribution in [0.25, 0.3) is 11.4 Å². The zero-order valence-corrected chi connectivity index (χ0v) is 16.4. The monoisotopic (exact) mass is 421 g/mol. The van der Waals surface area contributed by atoms with Gasteiger partial charge in [-0.15, -0.1) is 0 Å². The van der Waals surface area contributed by atoms with Crippen LogP contribution in [-0.4, -0.2) is 53.3 Å². The van der Waals surface area contributed by atoms with E-state index < -0.39 is 30.5 Å². The number of halogens is 2. The van der Waals surface area contributed by atoms with Gasteiger partial charge in [-0.05, 0) is 26.0 Å². The fourth-order valence-electron chi connectivity index (χ4n) is 3.58. The number of anilines is 2. The number of rotatable bonds is 5. The van der Waals surface area contributed by atoms with Crippen molar-refractivity contribution in [2.75, 3.05) is 23.4 Å². The van der Waals surface area contributed by atoms with Crippen LogP contribution in [0.4, 0.5) is 25.1 Å². The first-order valence-corrected chi connectivity index (χ1v) is 9.42. The fraction of sp³-hybridized carbons (Fsp3) is 0.421. The highest BCUT2D eigenvalue weighted by Gasteiger charge is 2.43. The Morgan fingerprint density at radius 2 is 2.13 bits per heavy atom. The Bertz CT molecular complexity index is 1010. The molecular formula is C19H21F2N5O4. The molecule has 0 aliphatic carbocycles. The van der Waals surface area contributed by atoms with Crippen molar-refractivity contribution in [1.82, 2.24) is 9.55 Å². The van der Waals surface area contributed by atoms with Crippen molar-refractivity contribution < 1.29 is 27.8 Å². The van der Waals surface area contributed by atoms with E-state index in [1.807, 2.05) is 4.57 Å². The number of cyclic esters (lactones) is 1. The van der Waals surface area contributed by atoms with Crippen molar-refractivity contribution in [3.8, 4) is 17.1 Å². The highest BCUT2D eigenvalue weighted by molar-refractivity contribution is 5.90. The van der Waals surface area contributed by atoms with E-state index in [4.69, 9.17) is 15.2 Å². The first kappa shape index (κ1) is 19.9. The minimum atomic E-state index is -2.76. The second kappa shape index (κ2) is 7.47. The third-order valence-electron chi connectivity index (χ3n) is 5.23. The summed E-state index contributed by atoms with van der Waals surface area (Å²) in [5, 5.41) is 2.99. The highest BCUT2D eigenvalue weighted by atomic mass is 19.3. The lowest BCUT2D eigenvalue weighted by molar-refractivity contribution is -0.118. The second-order valence-corrected chi connectivity index (χ2v) is 7.17. The van der Waals surface area contributed by atoms with Gasteiger partial charge in [0.1, 0.15) is 36.9 Å². The van der Waals surface area contributed by atoms with Gasteiger partial charge in [-0.25, -0.2) is 23.5 Å². The average molecular weight is 421 g/mol. The number of imidazole rings is 1. The van der Waals surface area contributed by atoms with Crippen molar-refractivity contribution in [3.63, 3.8) is 0 Å². The zero-order chi connectivity index (χ0) is 21.6. The number of alkyl halides is 2. The van der Waals surface area contributed by atoms with Crippen LogP contribution in [0, 0.1) is 6.92 Å². The van der Waals surface area contributed by atoms with E-state index in [1.54, 1.807) is 32.0 Å². The Hall–Kier alpha value is -3.37. The number of benzene rings is 1.